The number of carbonyl (C=O) groups is 1. The lowest BCUT2D eigenvalue weighted by molar-refractivity contribution is 0.0418. The fourth-order valence-electron chi connectivity index (χ4n) is 0.268. The summed E-state index contributed by atoms with van der Waals surface area (Å²) in [4.78, 5) is 14.1. The van der Waals surface area contributed by atoms with Crippen LogP contribution >= 0.6 is 0 Å². The summed E-state index contributed by atoms with van der Waals surface area (Å²) >= 11 is 0. The highest BCUT2D eigenvalue weighted by Crippen LogP contribution is 1.73. The van der Waals surface area contributed by atoms with Gasteiger partial charge in [-0.25, -0.2) is 4.79 Å². The Hall–Kier alpha value is -0.810. The number of rotatable bonds is 4. The van der Waals surface area contributed by atoms with Crippen LogP contribution in [0, 0.1) is 0 Å². The highest BCUT2D eigenvalue weighted by Gasteiger charge is 1.90. The van der Waals surface area contributed by atoms with Gasteiger partial charge >= 0.3 is 6.09 Å². The third-order valence-corrected chi connectivity index (χ3v) is 0.610. The highest BCUT2D eigenvalue weighted by atomic mass is 16.7. The molecule has 5 heteroatoms. The van der Waals surface area contributed by atoms with Crippen molar-refractivity contribution in [2.45, 2.75) is 6.42 Å². The maximum absolute atomic E-state index is 9.70. The Kier molecular flexibility index (Phi) is 4.85. The molecule has 0 saturated heterocycles. The van der Waals surface area contributed by atoms with Gasteiger partial charge in [0.05, 0.1) is 6.61 Å². The number of carboxylic acid groups (broad SMARTS) is 1. The zero-order chi connectivity index (χ0) is 7.11. The van der Waals surface area contributed by atoms with Gasteiger partial charge in [0.2, 0.25) is 0 Å². The average molecular weight is 134 g/mol. The summed E-state index contributed by atoms with van der Waals surface area (Å²) in [6, 6.07) is 0. The fourth-order valence-corrected chi connectivity index (χ4v) is 0.268. The highest BCUT2D eigenvalue weighted by molar-refractivity contribution is 5.62. The summed E-state index contributed by atoms with van der Waals surface area (Å²) in [5.74, 6) is 0. The lowest BCUT2D eigenvalue weighted by Gasteiger charge is -1.98. The molecule has 0 bridgehead atoms. The Bertz CT molecular complexity index is 85.9. The van der Waals surface area contributed by atoms with Crippen LogP contribution in [0.5, 0.6) is 0 Å². The number of nitrogens with one attached hydrogen (secondary N) is 1. The number of nitrogens with two attached hydrogens (primary N) is 1. The molecule has 0 atom stereocenters. The van der Waals surface area contributed by atoms with E-state index in [9.17, 15) is 4.79 Å². The summed E-state index contributed by atoms with van der Waals surface area (Å²) in [6.07, 6.45) is -0.535. The van der Waals surface area contributed by atoms with Crippen molar-refractivity contribution in [2.75, 3.05) is 13.2 Å². The van der Waals surface area contributed by atoms with E-state index in [1.807, 2.05) is 0 Å². The maximum atomic E-state index is 9.70. The van der Waals surface area contributed by atoms with E-state index in [0.29, 0.717) is 19.6 Å². The molecule has 0 spiro atoms. The van der Waals surface area contributed by atoms with Crippen LogP contribution in [-0.4, -0.2) is 24.4 Å². The van der Waals surface area contributed by atoms with Gasteiger partial charge in [0.25, 0.3) is 0 Å². The van der Waals surface area contributed by atoms with Gasteiger partial charge in [0.1, 0.15) is 0 Å². The molecule has 54 valence electrons. The summed E-state index contributed by atoms with van der Waals surface area (Å²) in [7, 11) is 0. The monoisotopic (exact) mass is 134 g/mol. The van der Waals surface area contributed by atoms with E-state index in [-0.39, 0.29) is 0 Å². The molecule has 5 nitrogen and oxygen atoms in total. The molecular formula is C4H10N2O3. The molecule has 0 rings (SSSR count). The fraction of sp³-hybridized carbons (Fsp3) is 0.750. The second-order valence-electron chi connectivity index (χ2n) is 1.40. The lowest BCUT2D eigenvalue weighted by Crippen LogP contribution is -2.22. The summed E-state index contributed by atoms with van der Waals surface area (Å²) in [5.41, 5.74) is 6.83. The van der Waals surface area contributed by atoms with Crippen molar-refractivity contribution in [3.63, 3.8) is 0 Å². The first kappa shape index (κ1) is 8.19. The standard InChI is InChI=1S/C4H10N2O3/c5-2-1-3-9-6-4(7)8/h6H,1-3,5H2,(H,7,8). The quantitative estimate of drug-likeness (QED) is 0.358. The molecule has 0 aromatic carbocycles. The van der Waals surface area contributed by atoms with Gasteiger partial charge in [-0.05, 0) is 13.0 Å². The number of hydrogen-bond acceptors (Lipinski definition) is 3. The Balaban J connectivity index is 2.83. The van der Waals surface area contributed by atoms with Gasteiger partial charge in [-0.3, -0.25) is 4.84 Å². The number of amides is 1. The first-order chi connectivity index (χ1) is 4.27. The Morgan fingerprint density at radius 2 is 2.44 bits per heavy atom. The van der Waals surface area contributed by atoms with Gasteiger partial charge in [-0.15, -0.1) is 0 Å². The second kappa shape index (κ2) is 5.33. The van der Waals surface area contributed by atoms with E-state index in [2.05, 4.69) is 4.84 Å². The van der Waals surface area contributed by atoms with E-state index in [1.165, 1.54) is 0 Å². The minimum Gasteiger partial charge on any atom is -0.464 e. The first-order valence-electron chi connectivity index (χ1n) is 2.58. The zero-order valence-corrected chi connectivity index (χ0v) is 4.96. The van der Waals surface area contributed by atoms with Crippen LogP contribution in [0.15, 0.2) is 0 Å². The largest absolute Gasteiger partial charge is 0.464 e. The van der Waals surface area contributed by atoms with Gasteiger partial charge in [0, 0.05) is 0 Å². The average Bonchev–Trinajstić information content (AvgIpc) is 1.80. The molecular weight excluding hydrogens is 124 g/mol. The van der Waals surface area contributed by atoms with Crippen LogP contribution in [-0.2, 0) is 4.84 Å². The van der Waals surface area contributed by atoms with Crippen LogP contribution < -0.4 is 11.2 Å². The minimum absolute atomic E-state index is 0.322. The predicted molar refractivity (Wildman–Crippen MR) is 30.8 cm³/mol. The van der Waals surface area contributed by atoms with Gasteiger partial charge in [-0.1, -0.05) is 0 Å². The van der Waals surface area contributed by atoms with Crippen molar-refractivity contribution in [3.8, 4) is 0 Å². The van der Waals surface area contributed by atoms with Gasteiger partial charge < -0.3 is 10.8 Å². The van der Waals surface area contributed by atoms with Crippen LogP contribution in [0.3, 0.4) is 0 Å². The van der Waals surface area contributed by atoms with Crippen molar-refractivity contribution in [3.05, 3.63) is 0 Å². The van der Waals surface area contributed by atoms with Crippen LogP contribution in [0.2, 0.25) is 0 Å². The van der Waals surface area contributed by atoms with Crippen molar-refractivity contribution >= 4 is 6.09 Å². The molecule has 0 aromatic heterocycles. The first-order valence-corrected chi connectivity index (χ1v) is 2.58. The van der Waals surface area contributed by atoms with E-state index < -0.39 is 6.09 Å². The molecule has 4 N–H and O–H groups in total. The molecule has 0 aromatic rings. The van der Waals surface area contributed by atoms with Gasteiger partial charge in [0.15, 0.2) is 0 Å². The van der Waals surface area contributed by atoms with Crippen molar-refractivity contribution in [1.82, 2.24) is 5.48 Å². The van der Waals surface area contributed by atoms with E-state index in [4.69, 9.17) is 10.8 Å². The van der Waals surface area contributed by atoms with Gasteiger partial charge in [-0.2, -0.15) is 5.48 Å². The normalized spacial score (nSPS) is 9.00. The SMILES string of the molecule is NCCCONC(=O)O. The number of hydroxylamine groups is 1. The summed E-state index contributed by atoms with van der Waals surface area (Å²) < 4.78 is 0. The molecule has 0 aliphatic carbocycles. The van der Waals surface area contributed by atoms with Crippen LogP contribution in [0.4, 0.5) is 4.79 Å². The molecule has 0 aliphatic rings. The maximum Gasteiger partial charge on any atom is 0.428 e. The lowest BCUT2D eigenvalue weighted by atomic mass is 10.5. The Morgan fingerprint density at radius 3 is 2.89 bits per heavy atom. The molecule has 1 amide bonds. The Labute approximate surface area is 52.7 Å². The molecule has 0 fully saturated rings. The van der Waals surface area contributed by atoms with E-state index >= 15 is 0 Å². The van der Waals surface area contributed by atoms with Crippen LogP contribution in [0.1, 0.15) is 6.42 Å². The zero-order valence-electron chi connectivity index (χ0n) is 4.96. The third kappa shape index (κ3) is 7.19. The van der Waals surface area contributed by atoms with Crippen molar-refractivity contribution in [1.29, 1.82) is 0 Å². The van der Waals surface area contributed by atoms with Crippen LogP contribution in [0.25, 0.3) is 0 Å². The molecule has 0 unspecified atom stereocenters. The number of hydrogen-bond donors (Lipinski definition) is 3. The molecule has 0 aliphatic heterocycles. The predicted octanol–water partition coefficient (Wildman–Crippen LogP) is -0.466. The molecule has 0 heterocycles. The smallest absolute Gasteiger partial charge is 0.428 e. The topological polar surface area (TPSA) is 84.6 Å². The van der Waals surface area contributed by atoms with E-state index in [1.54, 1.807) is 5.48 Å². The molecule has 9 heavy (non-hydrogen) atoms. The van der Waals surface area contributed by atoms with Crippen molar-refractivity contribution in [2.24, 2.45) is 5.73 Å². The summed E-state index contributed by atoms with van der Waals surface area (Å²) in [6.45, 7) is 0.824. The molecule has 0 saturated carbocycles. The van der Waals surface area contributed by atoms with Crippen molar-refractivity contribution < 1.29 is 14.7 Å². The minimum atomic E-state index is -1.19. The summed E-state index contributed by atoms with van der Waals surface area (Å²) in [5, 5.41) is 7.95. The Morgan fingerprint density at radius 1 is 1.78 bits per heavy atom. The molecule has 0 radical (unpaired) electrons. The van der Waals surface area contributed by atoms with E-state index in [0.717, 1.165) is 0 Å². The third-order valence-electron chi connectivity index (χ3n) is 0.610. The second-order valence-corrected chi connectivity index (χ2v) is 1.40.